The first-order chi connectivity index (χ1) is 10.1. The maximum atomic E-state index is 11.0. The number of methoxy groups -OCH3 is 1. The van der Waals surface area contributed by atoms with Crippen LogP contribution in [0.4, 0.5) is 5.69 Å². The summed E-state index contributed by atoms with van der Waals surface area (Å²) >= 11 is 0. The van der Waals surface area contributed by atoms with Crippen LogP contribution >= 0.6 is 0 Å². The summed E-state index contributed by atoms with van der Waals surface area (Å²) < 4.78 is 5.20. The largest absolute Gasteiger partial charge is 0.497 e. The second-order valence-electron chi connectivity index (χ2n) is 4.77. The molecule has 0 aromatic heterocycles. The normalized spacial score (nSPS) is 11.9. The van der Waals surface area contributed by atoms with Gasteiger partial charge >= 0.3 is 0 Å². The zero-order valence-corrected chi connectivity index (χ0v) is 12.1. The Labute approximate surface area is 123 Å². The summed E-state index contributed by atoms with van der Waals surface area (Å²) in [6.07, 6.45) is 0. The van der Waals surface area contributed by atoms with Crippen molar-refractivity contribution in [2.75, 3.05) is 7.11 Å². The lowest BCUT2D eigenvalue weighted by Crippen LogP contribution is -2.18. The van der Waals surface area contributed by atoms with Crippen LogP contribution in [0, 0.1) is 10.1 Å². The molecule has 0 unspecified atom stereocenters. The third-order valence-corrected chi connectivity index (χ3v) is 3.38. The van der Waals surface area contributed by atoms with Crippen LogP contribution in [0.2, 0.25) is 0 Å². The first-order valence-corrected chi connectivity index (χ1v) is 6.71. The lowest BCUT2D eigenvalue weighted by Gasteiger charge is -2.15. The van der Waals surface area contributed by atoms with E-state index in [4.69, 9.17) is 4.74 Å². The first kappa shape index (κ1) is 15.0. The summed E-state index contributed by atoms with van der Waals surface area (Å²) in [5.74, 6) is 0.798. The number of hydrogen-bond acceptors (Lipinski definition) is 4. The monoisotopic (exact) mass is 286 g/mol. The van der Waals surface area contributed by atoms with Crippen LogP contribution in [0.25, 0.3) is 0 Å². The second kappa shape index (κ2) is 6.85. The molecule has 0 radical (unpaired) electrons. The van der Waals surface area contributed by atoms with Crippen molar-refractivity contribution in [1.82, 2.24) is 5.32 Å². The standard InChI is InChI=1S/C16H18N2O3/c1-12(13-7-5-8-15(10-13)21-2)17-11-14-6-3-4-9-16(14)18(19)20/h3-10,12,17H,11H2,1-2H3/t12-/m0/s1. The molecule has 1 atom stereocenters. The fraction of sp³-hybridized carbons (Fsp3) is 0.250. The summed E-state index contributed by atoms with van der Waals surface area (Å²) in [6.45, 7) is 2.46. The van der Waals surface area contributed by atoms with Gasteiger partial charge in [0.1, 0.15) is 5.75 Å². The number of ether oxygens (including phenoxy) is 1. The van der Waals surface area contributed by atoms with Gasteiger partial charge in [-0.3, -0.25) is 10.1 Å². The Morgan fingerprint density at radius 2 is 2.00 bits per heavy atom. The van der Waals surface area contributed by atoms with E-state index < -0.39 is 0 Å². The highest BCUT2D eigenvalue weighted by Gasteiger charge is 2.13. The Kier molecular flexibility index (Phi) is 4.90. The fourth-order valence-electron chi connectivity index (χ4n) is 2.13. The molecule has 1 N–H and O–H groups in total. The van der Waals surface area contributed by atoms with Gasteiger partial charge in [0.05, 0.1) is 12.0 Å². The van der Waals surface area contributed by atoms with Crippen molar-refractivity contribution in [3.8, 4) is 5.75 Å². The van der Waals surface area contributed by atoms with E-state index in [1.807, 2.05) is 31.2 Å². The third kappa shape index (κ3) is 3.79. The summed E-state index contributed by atoms with van der Waals surface area (Å²) in [5, 5.41) is 14.3. The van der Waals surface area contributed by atoms with Gasteiger partial charge in [-0.2, -0.15) is 0 Å². The van der Waals surface area contributed by atoms with Crippen LogP contribution in [-0.4, -0.2) is 12.0 Å². The minimum absolute atomic E-state index is 0.0694. The first-order valence-electron chi connectivity index (χ1n) is 6.71. The van der Waals surface area contributed by atoms with Crippen LogP contribution in [0.3, 0.4) is 0 Å². The van der Waals surface area contributed by atoms with Crippen molar-refractivity contribution in [2.24, 2.45) is 0 Å². The van der Waals surface area contributed by atoms with E-state index in [0.717, 1.165) is 11.3 Å². The Balaban J connectivity index is 2.07. The topological polar surface area (TPSA) is 64.4 Å². The zero-order chi connectivity index (χ0) is 15.2. The molecule has 2 aromatic carbocycles. The molecule has 0 saturated carbocycles. The molecule has 0 aliphatic carbocycles. The highest BCUT2D eigenvalue weighted by molar-refractivity contribution is 5.39. The van der Waals surface area contributed by atoms with E-state index in [9.17, 15) is 10.1 Å². The molecular formula is C16H18N2O3. The van der Waals surface area contributed by atoms with E-state index in [1.54, 1.807) is 25.3 Å². The molecule has 0 spiro atoms. The van der Waals surface area contributed by atoms with Gasteiger partial charge < -0.3 is 10.1 Å². The molecule has 0 bridgehead atoms. The Morgan fingerprint density at radius 3 is 2.71 bits per heavy atom. The van der Waals surface area contributed by atoms with Gasteiger partial charge in [-0.25, -0.2) is 0 Å². The van der Waals surface area contributed by atoms with E-state index in [-0.39, 0.29) is 16.7 Å². The number of para-hydroxylation sites is 1. The van der Waals surface area contributed by atoms with Crippen molar-refractivity contribution in [3.05, 3.63) is 69.8 Å². The highest BCUT2D eigenvalue weighted by atomic mass is 16.6. The van der Waals surface area contributed by atoms with Crippen LogP contribution in [0.5, 0.6) is 5.75 Å². The van der Waals surface area contributed by atoms with Crippen molar-refractivity contribution in [1.29, 1.82) is 0 Å². The molecule has 2 rings (SSSR count). The number of nitrogens with zero attached hydrogens (tertiary/aromatic N) is 1. The predicted octanol–water partition coefficient (Wildman–Crippen LogP) is 3.45. The van der Waals surface area contributed by atoms with E-state index >= 15 is 0 Å². The molecule has 0 aliphatic rings. The van der Waals surface area contributed by atoms with Gasteiger partial charge in [0.2, 0.25) is 0 Å². The van der Waals surface area contributed by atoms with Gasteiger partial charge in [-0.15, -0.1) is 0 Å². The number of nitro groups is 1. The van der Waals surface area contributed by atoms with Crippen molar-refractivity contribution < 1.29 is 9.66 Å². The van der Waals surface area contributed by atoms with E-state index in [2.05, 4.69) is 5.32 Å². The van der Waals surface area contributed by atoms with E-state index in [1.165, 1.54) is 6.07 Å². The Bertz CT molecular complexity index is 628. The van der Waals surface area contributed by atoms with Crippen LogP contribution in [0.15, 0.2) is 48.5 Å². The van der Waals surface area contributed by atoms with Gasteiger partial charge in [0, 0.05) is 24.2 Å². The smallest absolute Gasteiger partial charge is 0.273 e. The summed E-state index contributed by atoms with van der Waals surface area (Å²) in [4.78, 5) is 10.6. The lowest BCUT2D eigenvalue weighted by atomic mass is 10.1. The number of hydrogen-bond donors (Lipinski definition) is 1. The maximum Gasteiger partial charge on any atom is 0.273 e. The predicted molar refractivity (Wildman–Crippen MR) is 81.3 cm³/mol. The van der Waals surface area contributed by atoms with Crippen LogP contribution < -0.4 is 10.1 Å². The van der Waals surface area contributed by atoms with Crippen molar-refractivity contribution in [3.63, 3.8) is 0 Å². The van der Waals surface area contributed by atoms with Gasteiger partial charge in [0.15, 0.2) is 0 Å². The number of benzene rings is 2. The average molecular weight is 286 g/mol. The SMILES string of the molecule is COc1cccc([C@H](C)NCc2ccccc2[N+](=O)[O-])c1. The molecule has 0 amide bonds. The Morgan fingerprint density at radius 1 is 1.24 bits per heavy atom. The maximum absolute atomic E-state index is 11.0. The molecule has 0 heterocycles. The average Bonchev–Trinajstić information content (AvgIpc) is 2.52. The zero-order valence-electron chi connectivity index (χ0n) is 12.1. The molecule has 5 heteroatoms. The quantitative estimate of drug-likeness (QED) is 0.652. The minimum atomic E-state index is -0.354. The van der Waals surface area contributed by atoms with Crippen LogP contribution in [-0.2, 0) is 6.54 Å². The molecule has 2 aromatic rings. The van der Waals surface area contributed by atoms with E-state index in [0.29, 0.717) is 12.1 Å². The number of nitro benzene ring substituents is 1. The molecule has 21 heavy (non-hydrogen) atoms. The molecule has 0 fully saturated rings. The molecular weight excluding hydrogens is 268 g/mol. The summed E-state index contributed by atoms with van der Waals surface area (Å²) in [7, 11) is 1.63. The van der Waals surface area contributed by atoms with Crippen LogP contribution in [0.1, 0.15) is 24.1 Å². The Hall–Kier alpha value is -2.40. The third-order valence-electron chi connectivity index (χ3n) is 3.38. The van der Waals surface area contributed by atoms with Gasteiger partial charge in [0.25, 0.3) is 5.69 Å². The molecule has 0 aliphatic heterocycles. The van der Waals surface area contributed by atoms with Crippen molar-refractivity contribution in [2.45, 2.75) is 19.5 Å². The van der Waals surface area contributed by atoms with Crippen molar-refractivity contribution >= 4 is 5.69 Å². The highest BCUT2D eigenvalue weighted by Crippen LogP contribution is 2.21. The minimum Gasteiger partial charge on any atom is -0.497 e. The second-order valence-corrected chi connectivity index (χ2v) is 4.77. The molecule has 0 saturated heterocycles. The fourth-order valence-corrected chi connectivity index (χ4v) is 2.13. The summed E-state index contributed by atoms with van der Waals surface area (Å²) in [6, 6.07) is 14.6. The number of rotatable bonds is 6. The lowest BCUT2D eigenvalue weighted by molar-refractivity contribution is -0.385. The molecule has 5 nitrogen and oxygen atoms in total. The van der Waals surface area contributed by atoms with Gasteiger partial charge in [-0.1, -0.05) is 30.3 Å². The molecule has 110 valence electrons. The summed E-state index contributed by atoms with van der Waals surface area (Å²) in [5.41, 5.74) is 1.90. The number of nitrogens with one attached hydrogen (secondary N) is 1. The van der Waals surface area contributed by atoms with Gasteiger partial charge in [-0.05, 0) is 24.6 Å².